The van der Waals surface area contributed by atoms with Crippen LogP contribution >= 0.6 is 11.6 Å². The lowest BCUT2D eigenvalue weighted by Crippen LogP contribution is -2.17. The Labute approximate surface area is 100 Å². The average Bonchev–Trinajstić information content (AvgIpc) is 2.30. The molecule has 0 heterocycles. The van der Waals surface area contributed by atoms with Gasteiger partial charge in [0.25, 0.3) is 0 Å². The van der Waals surface area contributed by atoms with Gasteiger partial charge in [0.1, 0.15) is 0 Å². The number of hydrogen-bond acceptors (Lipinski definition) is 1. The van der Waals surface area contributed by atoms with Crippen molar-refractivity contribution in [3.8, 4) is 0 Å². The van der Waals surface area contributed by atoms with Gasteiger partial charge in [0, 0.05) is 10.6 Å². The van der Waals surface area contributed by atoms with Gasteiger partial charge in [0.15, 0.2) is 0 Å². The average molecular weight is 236 g/mol. The van der Waals surface area contributed by atoms with E-state index in [0.29, 0.717) is 5.02 Å². The Hall–Kier alpha value is -1.28. The molecule has 2 nitrogen and oxygen atoms in total. The normalized spacial score (nSPS) is 16.3. The summed E-state index contributed by atoms with van der Waals surface area (Å²) in [6.45, 7) is 0. The molecule has 0 saturated heterocycles. The lowest BCUT2D eigenvalue weighted by atomic mass is 9.87. The minimum atomic E-state index is -0.287. The van der Waals surface area contributed by atoms with Gasteiger partial charge in [-0.05, 0) is 49.0 Å². The first-order chi connectivity index (χ1) is 7.68. The molecule has 0 atom stereocenters. The lowest BCUT2D eigenvalue weighted by Gasteiger charge is -2.18. The van der Waals surface area contributed by atoms with Crippen LogP contribution in [0.1, 0.15) is 31.2 Å². The van der Waals surface area contributed by atoms with E-state index in [-0.39, 0.29) is 5.91 Å². The Morgan fingerprint density at radius 3 is 2.38 bits per heavy atom. The van der Waals surface area contributed by atoms with Gasteiger partial charge in [-0.3, -0.25) is 4.79 Å². The smallest absolute Gasteiger partial charge is 0.244 e. The van der Waals surface area contributed by atoms with Crippen molar-refractivity contribution in [1.29, 1.82) is 0 Å². The monoisotopic (exact) mass is 235 g/mol. The molecule has 0 aliphatic heterocycles. The van der Waals surface area contributed by atoms with Crippen molar-refractivity contribution in [2.45, 2.75) is 25.7 Å². The maximum atomic E-state index is 11.3. The summed E-state index contributed by atoms with van der Waals surface area (Å²) in [5, 5.41) is 0.709. The molecule has 0 spiro atoms. The molecule has 3 heteroatoms. The summed E-state index contributed by atoms with van der Waals surface area (Å²) in [5.74, 6) is -0.287. The summed E-state index contributed by atoms with van der Waals surface area (Å²) in [6, 6.07) is 7.59. The van der Waals surface area contributed by atoms with Crippen LogP contribution in [0.25, 0.3) is 5.57 Å². The molecule has 1 aromatic rings. The first kappa shape index (κ1) is 11.2. The number of halogens is 1. The van der Waals surface area contributed by atoms with Gasteiger partial charge in [0.2, 0.25) is 5.91 Å². The highest BCUT2D eigenvalue weighted by Gasteiger charge is 2.17. The number of benzene rings is 1. The second-order valence-corrected chi connectivity index (χ2v) is 4.47. The third-order valence-corrected chi connectivity index (χ3v) is 3.21. The van der Waals surface area contributed by atoms with Crippen LogP contribution < -0.4 is 5.73 Å². The van der Waals surface area contributed by atoms with Crippen LogP contribution in [0.3, 0.4) is 0 Å². The van der Waals surface area contributed by atoms with Gasteiger partial charge in [0.05, 0.1) is 0 Å². The molecule has 16 heavy (non-hydrogen) atoms. The summed E-state index contributed by atoms with van der Waals surface area (Å²) < 4.78 is 0. The Morgan fingerprint density at radius 2 is 1.75 bits per heavy atom. The number of carbonyl (C=O) groups is 1. The maximum absolute atomic E-state index is 11.3. The third kappa shape index (κ3) is 2.27. The first-order valence-corrected chi connectivity index (χ1v) is 5.84. The zero-order valence-electron chi connectivity index (χ0n) is 9.00. The number of hydrogen-bond donors (Lipinski definition) is 1. The maximum Gasteiger partial charge on any atom is 0.244 e. The lowest BCUT2D eigenvalue weighted by molar-refractivity contribution is -0.114. The van der Waals surface area contributed by atoms with E-state index in [9.17, 15) is 4.79 Å². The van der Waals surface area contributed by atoms with Gasteiger partial charge < -0.3 is 5.73 Å². The molecule has 0 radical (unpaired) electrons. The highest BCUT2D eigenvalue weighted by atomic mass is 35.5. The predicted molar refractivity (Wildman–Crippen MR) is 66.0 cm³/mol. The zero-order valence-corrected chi connectivity index (χ0v) is 9.76. The fourth-order valence-electron chi connectivity index (χ4n) is 2.15. The van der Waals surface area contributed by atoms with Crippen LogP contribution in [-0.4, -0.2) is 5.91 Å². The molecule has 84 valence electrons. The summed E-state index contributed by atoms with van der Waals surface area (Å²) >= 11 is 5.84. The SMILES string of the molecule is NC(=O)C1=C(c2ccc(Cl)cc2)CCCC1. The molecule has 1 aromatic carbocycles. The van der Waals surface area contributed by atoms with E-state index in [0.717, 1.165) is 42.4 Å². The third-order valence-electron chi connectivity index (χ3n) is 2.96. The summed E-state index contributed by atoms with van der Waals surface area (Å²) in [5.41, 5.74) is 8.35. The predicted octanol–water partition coefficient (Wildman–Crippen LogP) is 3.15. The van der Waals surface area contributed by atoms with Crippen molar-refractivity contribution in [3.05, 3.63) is 40.4 Å². The molecule has 2 N–H and O–H groups in total. The second kappa shape index (κ2) is 4.71. The van der Waals surface area contributed by atoms with Gasteiger partial charge in [-0.15, -0.1) is 0 Å². The standard InChI is InChI=1S/C13H14ClNO/c14-10-7-5-9(6-8-10)11-3-1-2-4-12(11)13(15)16/h5-8H,1-4H2,(H2,15,16). The molecule has 2 rings (SSSR count). The minimum absolute atomic E-state index is 0.287. The number of allylic oxidation sites excluding steroid dienone is 1. The minimum Gasteiger partial charge on any atom is -0.366 e. The molecule has 0 aromatic heterocycles. The van der Waals surface area contributed by atoms with Crippen molar-refractivity contribution in [1.82, 2.24) is 0 Å². The number of rotatable bonds is 2. The van der Waals surface area contributed by atoms with Crippen LogP contribution in [0, 0.1) is 0 Å². The van der Waals surface area contributed by atoms with Crippen LogP contribution in [0.5, 0.6) is 0 Å². The van der Waals surface area contributed by atoms with Crippen molar-refractivity contribution >= 4 is 23.1 Å². The molecule has 1 aliphatic carbocycles. The Bertz CT molecular complexity index is 434. The largest absolute Gasteiger partial charge is 0.366 e. The number of nitrogens with two attached hydrogens (primary N) is 1. The quantitative estimate of drug-likeness (QED) is 0.841. The molecule has 1 amide bonds. The van der Waals surface area contributed by atoms with Crippen LogP contribution in [-0.2, 0) is 4.79 Å². The van der Waals surface area contributed by atoms with Crippen LogP contribution in [0.2, 0.25) is 5.02 Å². The van der Waals surface area contributed by atoms with E-state index in [4.69, 9.17) is 17.3 Å². The Kier molecular flexibility index (Phi) is 3.30. The topological polar surface area (TPSA) is 43.1 Å². The van der Waals surface area contributed by atoms with E-state index in [2.05, 4.69) is 0 Å². The Morgan fingerprint density at radius 1 is 1.12 bits per heavy atom. The van der Waals surface area contributed by atoms with E-state index in [1.807, 2.05) is 24.3 Å². The van der Waals surface area contributed by atoms with Gasteiger partial charge in [-0.1, -0.05) is 23.7 Å². The zero-order chi connectivity index (χ0) is 11.5. The highest BCUT2D eigenvalue weighted by molar-refractivity contribution is 6.30. The fourth-order valence-corrected chi connectivity index (χ4v) is 2.27. The summed E-state index contributed by atoms with van der Waals surface area (Å²) in [4.78, 5) is 11.3. The van der Waals surface area contributed by atoms with Crippen molar-refractivity contribution in [2.24, 2.45) is 5.73 Å². The number of amides is 1. The molecular weight excluding hydrogens is 222 g/mol. The van der Waals surface area contributed by atoms with Crippen LogP contribution in [0.4, 0.5) is 0 Å². The number of primary amides is 1. The van der Waals surface area contributed by atoms with E-state index in [1.54, 1.807) is 0 Å². The van der Waals surface area contributed by atoms with Gasteiger partial charge in [-0.25, -0.2) is 0 Å². The second-order valence-electron chi connectivity index (χ2n) is 4.04. The van der Waals surface area contributed by atoms with E-state index >= 15 is 0 Å². The van der Waals surface area contributed by atoms with Crippen molar-refractivity contribution < 1.29 is 4.79 Å². The molecule has 0 unspecified atom stereocenters. The van der Waals surface area contributed by atoms with Crippen LogP contribution in [0.15, 0.2) is 29.8 Å². The summed E-state index contributed by atoms with van der Waals surface area (Å²) in [7, 11) is 0. The molecular formula is C13H14ClNO. The molecule has 0 fully saturated rings. The first-order valence-electron chi connectivity index (χ1n) is 5.46. The van der Waals surface area contributed by atoms with E-state index in [1.165, 1.54) is 0 Å². The number of carbonyl (C=O) groups excluding carboxylic acids is 1. The Balaban J connectivity index is 2.43. The van der Waals surface area contributed by atoms with Gasteiger partial charge >= 0.3 is 0 Å². The summed E-state index contributed by atoms with van der Waals surface area (Å²) in [6.07, 6.45) is 3.90. The fraction of sp³-hybridized carbons (Fsp3) is 0.308. The molecule has 0 bridgehead atoms. The van der Waals surface area contributed by atoms with Crippen molar-refractivity contribution in [3.63, 3.8) is 0 Å². The van der Waals surface area contributed by atoms with Gasteiger partial charge in [-0.2, -0.15) is 0 Å². The molecule has 0 saturated carbocycles. The molecule has 1 aliphatic rings. The highest BCUT2D eigenvalue weighted by Crippen LogP contribution is 2.32. The van der Waals surface area contributed by atoms with E-state index < -0.39 is 0 Å². The van der Waals surface area contributed by atoms with Crippen molar-refractivity contribution in [2.75, 3.05) is 0 Å².